The highest BCUT2D eigenvalue weighted by Gasteiger charge is 2.24. The van der Waals surface area contributed by atoms with Gasteiger partial charge >= 0.3 is 0 Å². The van der Waals surface area contributed by atoms with Crippen molar-refractivity contribution in [2.75, 3.05) is 0 Å². The minimum Gasteiger partial charge on any atom is -0.393 e. The van der Waals surface area contributed by atoms with Gasteiger partial charge < -0.3 is 15.3 Å². The van der Waals surface area contributed by atoms with Gasteiger partial charge in [-0.2, -0.15) is 0 Å². The molecule has 0 aliphatic heterocycles. The van der Waals surface area contributed by atoms with Crippen LogP contribution in [0.3, 0.4) is 0 Å². The fourth-order valence-electron chi connectivity index (χ4n) is 1.21. The highest BCUT2D eigenvalue weighted by atomic mass is 16.3. The van der Waals surface area contributed by atoms with Gasteiger partial charge in [-0.25, -0.2) is 0 Å². The molecule has 0 aliphatic carbocycles. The van der Waals surface area contributed by atoms with E-state index in [1.165, 1.54) is 0 Å². The van der Waals surface area contributed by atoms with Crippen LogP contribution in [0.5, 0.6) is 0 Å². The highest BCUT2D eigenvalue weighted by molar-refractivity contribution is 4.74. The molecule has 0 heterocycles. The average molecular weight is 148 g/mol. The molecule has 0 spiro atoms. The van der Waals surface area contributed by atoms with E-state index in [1.54, 1.807) is 20.8 Å². The monoisotopic (exact) mass is 148 g/mol. The first kappa shape index (κ1) is 9.88. The molecule has 3 nitrogen and oxygen atoms in total. The summed E-state index contributed by atoms with van der Waals surface area (Å²) in [5.74, 6) is -0.444. The zero-order valence-electron chi connectivity index (χ0n) is 6.65. The molecule has 0 aromatic carbocycles. The molecule has 0 radical (unpaired) electrons. The van der Waals surface area contributed by atoms with Gasteiger partial charge in [0.1, 0.15) is 0 Å². The van der Waals surface area contributed by atoms with Gasteiger partial charge in [0.25, 0.3) is 0 Å². The van der Waals surface area contributed by atoms with Crippen LogP contribution in [0.2, 0.25) is 0 Å². The summed E-state index contributed by atoms with van der Waals surface area (Å²) >= 11 is 0. The van der Waals surface area contributed by atoms with Crippen molar-refractivity contribution in [3.8, 4) is 0 Å². The molecule has 0 aliphatic rings. The summed E-state index contributed by atoms with van der Waals surface area (Å²) in [5.41, 5.74) is 0. The van der Waals surface area contributed by atoms with Gasteiger partial charge in [-0.1, -0.05) is 0 Å². The lowest BCUT2D eigenvalue weighted by atomic mass is 9.93. The van der Waals surface area contributed by atoms with Crippen molar-refractivity contribution in [2.45, 2.75) is 39.1 Å². The van der Waals surface area contributed by atoms with E-state index >= 15 is 0 Å². The first-order chi connectivity index (χ1) is 4.46. The van der Waals surface area contributed by atoms with Gasteiger partial charge in [0.05, 0.1) is 18.3 Å². The van der Waals surface area contributed by atoms with E-state index in [1.807, 2.05) is 0 Å². The molecule has 0 fully saturated rings. The Hall–Kier alpha value is -0.120. The second-order valence-electron chi connectivity index (χ2n) is 2.80. The number of rotatable bonds is 3. The summed E-state index contributed by atoms with van der Waals surface area (Å²) in [6, 6.07) is 0. The number of hydrogen-bond acceptors (Lipinski definition) is 3. The van der Waals surface area contributed by atoms with E-state index in [0.29, 0.717) is 0 Å². The minimum absolute atomic E-state index is 0.444. The fourth-order valence-corrected chi connectivity index (χ4v) is 1.21. The van der Waals surface area contributed by atoms with Gasteiger partial charge in [0.15, 0.2) is 0 Å². The van der Waals surface area contributed by atoms with Gasteiger partial charge in [-0.15, -0.1) is 0 Å². The molecule has 62 valence electrons. The van der Waals surface area contributed by atoms with E-state index in [2.05, 4.69) is 0 Å². The summed E-state index contributed by atoms with van der Waals surface area (Å²) in [4.78, 5) is 0. The molecule has 3 unspecified atom stereocenters. The van der Waals surface area contributed by atoms with Crippen molar-refractivity contribution in [1.82, 2.24) is 0 Å². The SMILES string of the molecule is CC(O)C(C(C)O)C(C)O. The van der Waals surface area contributed by atoms with Crippen LogP contribution in [-0.2, 0) is 0 Å². The normalized spacial score (nSPS) is 23.4. The summed E-state index contributed by atoms with van der Waals surface area (Å²) in [7, 11) is 0. The molecular weight excluding hydrogens is 132 g/mol. The maximum Gasteiger partial charge on any atom is 0.0589 e. The van der Waals surface area contributed by atoms with Crippen molar-refractivity contribution < 1.29 is 15.3 Å². The lowest BCUT2D eigenvalue weighted by Crippen LogP contribution is -2.36. The lowest BCUT2D eigenvalue weighted by Gasteiger charge is -2.25. The van der Waals surface area contributed by atoms with Crippen LogP contribution < -0.4 is 0 Å². The molecule has 0 aromatic rings. The molecule has 3 N–H and O–H groups in total. The van der Waals surface area contributed by atoms with E-state index in [4.69, 9.17) is 15.3 Å². The van der Waals surface area contributed by atoms with E-state index in [0.717, 1.165) is 0 Å². The molecular formula is C7H16O3. The Morgan fingerprint density at radius 3 is 0.900 bits per heavy atom. The molecule has 3 heteroatoms. The average Bonchev–Trinajstić information content (AvgIpc) is 1.59. The summed E-state index contributed by atoms with van der Waals surface area (Å²) in [6.45, 7) is 4.68. The highest BCUT2D eigenvalue weighted by Crippen LogP contribution is 2.13. The predicted octanol–water partition coefficient (Wildman–Crippen LogP) is -0.255. The van der Waals surface area contributed by atoms with Gasteiger partial charge in [0.2, 0.25) is 0 Å². The first-order valence-electron chi connectivity index (χ1n) is 3.51. The van der Waals surface area contributed by atoms with E-state index < -0.39 is 24.2 Å². The smallest absolute Gasteiger partial charge is 0.0589 e. The molecule has 0 rings (SSSR count). The van der Waals surface area contributed by atoms with Crippen molar-refractivity contribution >= 4 is 0 Å². The molecule has 0 saturated carbocycles. The zero-order valence-corrected chi connectivity index (χ0v) is 6.65. The third-order valence-corrected chi connectivity index (χ3v) is 1.67. The zero-order chi connectivity index (χ0) is 8.31. The molecule has 0 amide bonds. The number of aliphatic hydroxyl groups is 3. The Morgan fingerprint density at radius 2 is 0.900 bits per heavy atom. The van der Waals surface area contributed by atoms with E-state index in [-0.39, 0.29) is 0 Å². The van der Waals surface area contributed by atoms with Crippen LogP contribution in [0, 0.1) is 5.92 Å². The Balaban J connectivity index is 3.98. The molecule has 0 bridgehead atoms. The van der Waals surface area contributed by atoms with Crippen LogP contribution in [-0.4, -0.2) is 33.6 Å². The second kappa shape index (κ2) is 3.91. The van der Waals surface area contributed by atoms with Crippen LogP contribution >= 0.6 is 0 Å². The lowest BCUT2D eigenvalue weighted by molar-refractivity contribution is -0.0359. The summed E-state index contributed by atoms with van der Waals surface area (Å²) < 4.78 is 0. The van der Waals surface area contributed by atoms with Gasteiger partial charge in [0, 0.05) is 5.92 Å². The third-order valence-electron chi connectivity index (χ3n) is 1.67. The van der Waals surface area contributed by atoms with Crippen molar-refractivity contribution in [3.63, 3.8) is 0 Å². The quantitative estimate of drug-likeness (QED) is 0.517. The Kier molecular flexibility index (Phi) is 3.86. The predicted molar refractivity (Wildman–Crippen MR) is 38.5 cm³/mol. The van der Waals surface area contributed by atoms with Gasteiger partial charge in [-0.05, 0) is 20.8 Å². The van der Waals surface area contributed by atoms with Crippen LogP contribution in [0.15, 0.2) is 0 Å². The number of hydrogen-bond donors (Lipinski definition) is 3. The number of aliphatic hydroxyl groups excluding tert-OH is 3. The molecule has 3 atom stereocenters. The topological polar surface area (TPSA) is 60.7 Å². The summed E-state index contributed by atoms with van der Waals surface area (Å²) in [5, 5.41) is 27.1. The Morgan fingerprint density at radius 1 is 0.700 bits per heavy atom. The van der Waals surface area contributed by atoms with Crippen molar-refractivity contribution in [3.05, 3.63) is 0 Å². The maximum absolute atomic E-state index is 9.03. The standard InChI is InChI=1S/C7H16O3/c1-4(8)7(5(2)9)6(3)10/h4-10H,1-3H3. The largest absolute Gasteiger partial charge is 0.393 e. The van der Waals surface area contributed by atoms with Crippen LogP contribution in [0.4, 0.5) is 0 Å². The Bertz CT molecular complexity index is 69.8. The fraction of sp³-hybridized carbons (Fsp3) is 1.00. The molecule has 0 aromatic heterocycles. The summed E-state index contributed by atoms with van der Waals surface area (Å²) in [6.07, 6.45) is -2.00. The van der Waals surface area contributed by atoms with Crippen LogP contribution in [0.25, 0.3) is 0 Å². The van der Waals surface area contributed by atoms with Crippen LogP contribution in [0.1, 0.15) is 20.8 Å². The minimum atomic E-state index is -0.667. The van der Waals surface area contributed by atoms with Crippen molar-refractivity contribution in [1.29, 1.82) is 0 Å². The molecule has 0 saturated heterocycles. The Labute approximate surface area is 61.3 Å². The van der Waals surface area contributed by atoms with Crippen molar-refractivity contribution in [2.24, 2.45) is 5.92 Å². The van der Waals surface area contributed by atoms with E-state index in [9.17, 15) is 0 Å². The third kappa shape index (κ3) is 2.64. The first-order valence-corrected chi connectivity index (χ1v) is 3.51. The van der Waals surface area contributed by atoms with Gasteiger partial charge in [-0.3, -0.25) is 0 Å². The second-order valence-corrected chi connectivity index (χ2v) is 2.80. The molecule has 10 heavy (non-hydrogen) atoms. The maximum atomic E-state index is 9.03.